The molecule has 1 aromatic carbocycles. The number of carbonyl (C=O) groups is 3. The smallest absolute Gasteiger partial charge is 0.236 e. The maximum atomic E-state index is 12.7. The van der Waals surface area contributed by atoms with Crippen LogP contribution < -0.4 is 5.32 Å². The number of nitrogens with zero attached hydrogens (tertiary/aromatic N) is 3. The van der Waals surface area contributed by atoms with Crippen molar-refractivity contribution in [1.82, 2.24) is 14.7 Å². The first-order valence-corrected chi connectivity index (χ1v) is 10.8. The van der Waals surface area contributed by atoms with Gasteiger partial charge < -0.3 is 19.9 Å². The fourth-order valence-electron chi connectivity index (χ4n) is 4.36. The van der Waals surface area contributed by atoms with E-state index in [1.165, 1.54) is 0 Å². The molecule has 3 aliphatic heterocycles. The minimum absolute atomic E-state index is 0.0000266. The lowest BCUT2D eigenvalue weighted by Crippen LogP contribution is -2.53. The highest BCUT2D eigenvalue weighted by molar-refractivity contribution is 5.96. The lowest BCUT2D eigenvalue weighted by atomic mass is 9.89. The van der Waals surface area contributed by atoms with Gasteiger partial charge in [0.15, 0.2) is 0 Å². The first kappa shape index (κ1) is 20.8. The molecule has 1 N–H and O–H groups in total. The highest BCUT2D eigenvalue weighted by Crippen LogP contribution is 2.27. The molecule has 8 nitrogen and oxygen atoms in total. The number of nitrogens with one attached hydrogen (secondary N) is 1. The van der Waals surface area contributed by atoms with Gasteiger partial charge in [0, 0.05) is 57.3 Å². The van der Waals surface area contributed by atoms with Crippen LogP contribution in [0.3, 0.4) is 0 Å². The maximum Gasteiger partial charge on any atom is 0.236 e. The van der Waals surface area contributed by atoms with Crippen molar-refractivity contribution in [2.24, 2.45) is 5.92 Å². The second kappa shape index (κ2) is 9.57. The molecule has 162 valence electrons. The Hall–Kier alpha value is -2.45. The Morgan fingerprint density at radius 1 is 0.967 bits per heavy atom. The number of piperazine rings is 1. The van der Waals surface area contributed by atoms with Crippen LogP contribution in [0.25, 0.3) is 0 Å². The van der Waals surface area contributed by atoms with Gasteiger partial charge in [-0.25, -0.2) is 0 Å². The predicted octanol–water partition coefficient (Wildman–Crippen LogP) is 0.581. The third-order valence-corrected chi connectivity index (χ3v) is 6.27. The Morgan fingerprint density at radius 3 is 2.37 bits per heavy atom. The Kier molecular flexibility index (Phi) is 6.64. The van der Waals surface area contributed by atoms with Gasteiger partial charge in [0.2, 0.25) is 17.7 Å². The summed E-state index contributed by atoms with van der Waals surface area (Å²) < 4.78 is 5.32. The number of hydrogen-bond donors (Lipinski definition) is 1. The van der Waals surface area contributed by atoms with Gasteiger partial charge in [-0.3, -0.25) is 19.3 Å². The lowest BCUT2D eigenvalue weighted by molar-refractivity contribution is -0.141. The van der Waals surface area contributed by atoms with Crippen LogP contribution >= 0.6 is 0 Å². The zero-order valence-electron chi connectivity index (χ0n) is 17.3. The van der Waals surface area contributed by atoms with E-state index in [1.54, 1.807) is 0 Å². The van der Waals surface area contributed by atoms with Gasteiger partial charge in [0.1, 0.15) is 0 Å². The van der Waals surface area contributed by atoms with Crippen LogP contribution in [0.15, 0.2) is 24.3 Å². The van der Waals surface area contributed by atoms with Crippen molar-refractivity contribution in [2.45, 2.75) is 19.3 Å². The molecule has 3 heterocycles. The number of fused-ring (bicyclic) bond motifs is 1. The molecule has 0 spiro atoms. The van der Waals surface area contributed by atoms with Gasteiger partial charge >= 0.3 is 0 Å². The molecule has 2 saturated heterocycles. The number of amides is 3. The molecule has 1 unspecified atom stereocenters. The summed E-state index contributed by atoms with van der Waals surface area (Å²) in [6.45, 7) is 5.65. The number of hydrogen-bond acceptors (Lipinski definition) is 5. The van der Waals surface area contributed by atoms with Gasteiger partial charge in [0.05, 0.1) is 19.8 Å². The van der Waals surface area contributed by atoms with E-state index >= 15 is 0 Å². The molecule has 8 heteroatoms. The molecule has 3 amide bonds. The number of ether oxygens (including phenoxy) is 1. The van der Waals surface area contributed by atoms with Crippen molar-refractivity contribution in [3.05, 3.63) is 29.8 Å². The minimum Gasteiger partial charge on any atom is -0.379 e. The zero-order valence-corrected chi connectivity index (χ0v) is 17.3. The van der Waals surface area contributed by atoms with E-state index in [0.29, 0.717) is 65.2 Å². The number of anilines is 1. The molecular formula is C22H30N4O4. The molecular weight excluding hydrogens is 384 g/mol. The first-order valence-electron chi connectivity index (χ1n) is 10.8. The standard InChI is InChI=1S/C22H30N4O4/c27-20(6-5-18-15-17-3-1-2-4-19(17)23-22(18)29)25-7-9-26(10-8-25)21(28)16-24-11-13-30-14-12-24/h1-4,18H,5-16H2,(H,23,29). The number of benzene rings is 1. The molecule has 4 rings (SSSR count). The number of para-hydroxylation sites is 1. The van der Waals surface area contributed by atoms with Gasteiger partial charge in [-0.1, -0.05) is 18.2 Å². The van der Waals surface area contributed by atoms with E-state index in [4.69, 9.17) is 4.74 Å². The van der Waals surface area contributed by atoms with Crippen molar-refractivity contribution >= 4 is 23.4 Å². The third-order valence-electron chi connectivity index (χ3n) is 6.27. The third kappa shape index (κ3) is 4.99. The number of carbonyl (C=O) groups excluding carboxylic acids is 3. The molecule has 0 radical (unpaired) electrons. The largest absolute Gasteiger partial charge is 0.379 e. The molecule has 2 fully saturated rings. The van der Waals surface area contributed by atoms with Crippen LogP contribution in [-0.2, 0) is 25.5 Å². The molecule has 3 aliphatic rings. The van der Waals surface area contributed by atoms with E-state index in [1.807, 2.05) is 34.1 Å². The summed E-state index contributed by atoms with van der Waals surface area (Å²) >= 11 is 0. The van der Waals surface area contributed by atoms with E-state index < -0.39 is 0 Å². The molecule has 0 aromatic heterocycles. The van der Waals surface area contributed by atoms with Crippen LogP contribution in [0.1, 0.15) is 18.4 Å². The van der Waals surface area contributed by atoms with E-state index in [9.17, 15) is 14.4 Å². The topological polar surface area (TPSA) is 82.2 Å². The van der Waals surface area contributed by atoms with Crippen LogP contribution in [-0.4, -0.2) is 91.4 Å². The maximum absolute atomic E-state index is 12.7. The van der Waals surface area contributed by atoms with E-state index in [0.717, 1.165) is 24.3 Å². The Morgan fingerprint density at radius 2 is 1.63 bits per heavy atom. The quantitative estimate of drug-likeness (QED) is 0.762. The minimum atomic E-state index is -0.166. The summed E-state index contributed by atoms with van der Waals surface area (Å²) in [5.74, 6) is 0.0312. The van der Waals surface area contributed by atoms with Crippen molar-refractivity contribution in [3.63, 3.8) is 0 Å². The Bertz CT molecular complexity index is 785. The first-order chi connectivity index (χ1) is 14.6. The fourth-order valence-corrected chi connectivity index (χ4v) is 4.36. The summed E-state index contributed by atoms with van der Waals surface area (Å²) in [4.78, 5) is 43.3. The highest BCUT2D eigenvalue weighted by Gasteiger charge is 2.29. The predicted molar refractivity (Wildman–Crippen MR) is 112 cm³/mol. The normalized spacial score (nSPS) is 22.4. The average molecular weight is 415 g/mol. The summed E-state index contributed by atoms with van der Waals surface area (Å²) in [5, 5.41) is 2.95. The molecule has 1 aromatic rings. The van der Waals surface area contributed by atoms with Gasteiger partial charge in [-0.2, -0.15) is 0 Å². The van der Waals surface area contributed by atoms with Crippen molar-refractivity contribution in [1.29, 1.82) is 0 Å². The van der Waals surface area contributed by atoms with Crippen molar-refractivity contribution in [3.8, 4) is 0 Å². The average Bonchev–Trinajstić information content (AvgIpc) is 2.78. The highest BCUT2D eigenvalue weighted by atomic mass is 16.5. The Labute approximate surface area is 177 Å². The van der Waals surface area contributed by atoms with E-state index in [-0.39, 0.29) is 23.6 Å². The van der Waals surface area contributed by atoms with Gasteiger partial charge in [-0.15, -0.1) is 0 Å². The second-order valence-corrected chi connectivity index (χ2v) is 8.24. The molecule has 0 aliphatic carbocycles. The lowest BCUT2D eigenvalue weighted by Gasteiger charge is -2.36. The van der Waals surface area contributed by atoms with Crippen LogP contribution in [0.4, 0.5) is 5.69 Å². The van der Waals surface area contributed by atoms with Crippen molar-refractivity contribution in [2.75, 3.05) is 64.3 Å². The number of morpholine rings is 1. The number of rotatable bonds is 5. The monoisotopic (exact) mass is 414 g/mol. The summed E-state index contributed by atoms with van der Waals surface area (Å²) in [7, 11) is 0. The molecule has 0 bridgehead atoms. The molecule has 1 atom stereocenters. The van der Waals surface area contributed by atoms with Crippen LogP contribution in [0, 0.1) is 5.92 Å². The van der Waals surface area contributed by atoms with E-state index in [2.05, 4.69) is 10.2 Å². The zero-order chi connectivity index (χ0) is 20.9. The Balaban J connectivity index is 1.20. The van der Waals surface area contributed by atoms with Crippen LogP contribution in [0.2, 0.25) is 0 Å². The fraction of sp³-hybridized carbons (Fsp3) is 0.591. The van der Waals surface area contributed by atoms with Gasteiger partial charge in [0.25, 0.3) is 0 Å². The van der Waals surface area contributed by atoms with Crippen LogP contribution in [0.5, 0.6) is 0 Å². The SMILES string of the molecule is O=C1Nc2ccccc2CC1CCC(=O)N1CCN(C(=O)CN2CCOCC2)CC1. The van der Waals surface area contributed by atoms with Gasteiger partial charge in [-0.05, 0) is 24.5 Å². The molecule has 0 saturated carbocycles. The van der Waals surface area contributed by atoms with Crippen molar-refractivity contribution < 1.29 is 19.1 Å². The summed E-state index contributed by atoms with van der Waals surface area (Å²) in [6, 6.07) is 7.82. The molecule has 30 heavy (non-hydrogen) atoms. The summed E-state index contributed by atoms with van der Waals surface area (Å²) in [6.07, 6.45) is 1.59. The summed E-state index contributed by atoms with van der Waals surface area (Å²) in [5.41, 5.74) is 2.00. The second-order valence-electron chi connectivity index (χ2n) is 8.24.